The number of benzene rings is 1. The number of rotatable bonds is 5. The van der Waals surface area contributed by atoms with Crippen LogP contribution in [0.1, 0.15) is 45.1 Å². The van der Waals surface area contributed by atoms with Gasteiger partial charge in [0, 0.05) is 12.0 Å². The lowest BCUT2D eigenvalue weighted by molar-refractivity contribution is 0.0909. The highest BCUT2D eigenvalue weighted by molar-refractivity contribution is 6.58. The SMILES string of the molecule is CCC1(CC)CCN(Cc2ccc(F)c(B(O)O)c2)CC1. The van der Waals surface area contributed by atoms with E-state index < -0.39 is 12.9 Å². The molecule has 0 radical (unpaired) electrons. The van der Waals surface area contributed by atoms with E-state index in [9.17, 15) is 4.39 Å². The fourth-order valence-corrected chi connectivity index (χ4v) is 3.29. The highest BCUT2D eigenvalue weighted by Gasteiger charge is 2.31. The van der Waals surface area contributed by atoms with Crippen LogP contribution in [0.2, 0.25) is 0 Å². The lowest BCUT2D eigenvalue weighted by Gasteiger charge is -2.41. The van der Waals surface area contributed by atoms with Gasteiger partial charge in [0.2, 0.25) is 0 Å². The summed E-state index contributed by atoms with van der Waals surface area (Å²) in [5, 5.41) is 18.3. The predicted molar refractivity (Wildman–Crippen MR) is 83.8 cm³/mol. The first-order valence-electron chi connectivity index (χ1n) is 7.86. The molecule has 0 bridgehead atoms. The third kappa shape index (κ3) is 3.85. The minimum absolute atomic E-state index is 0.0408. The van der Waals surface area contributed by atoms with Crippen molar-refractivity contribution in [2.45, 2.75) is 46.1 Å². The first kappa shape index (κ1) is 16.5. The highest BCUT2D eigenvalue weighted by atomic mass is 19.1. The molecule has 1 aromatic carbocycles. The van der Waals surface area contributed by atoms with Crippen molar-refractivity contribution in [3.63, 3.8) is 0 Å². The molecule has 3 nitrogen and oxygen atoms in total. The average molecular weight is 293 g/mol. The molecule has 1 heterocycles. The van der Waals surface area contributed by atoms with Crippen molar-refractivity contribution in [2.24, 2.45) is 5.41 Å². The van der Waals surface area contributed by atoms with Crippen LogP contribution in [0, 0.1) is 11.2 Å². The molecule has 0 spiro atoms. The minimum atomic E-state index is -1.75. The Morgan fingerprint density at radius 2 is 1.81 bits per heavy atom. The Hall–Kier alpha value is -0.905. The predicted octanol–water partition coefficient (Wildman–Crippen LogP) is 1.91. The van der Waals surface area contributed by atoms with Gasteiger partial charge < -0.3 is 10.0 Å². The van der Waals surface area contributed by atoms with E-state index in [4.69, 9.17) is 10.0 Å². The Morgan fingerprint density at radius 1 is 1.19 bits per heavy atom. The molecule has 0 unspecified atom stereocenters. The molecule has 0 amide bonds. The number of nitrogens with zero attached hydrogens (tertiary/aromatic N) is 1. The van der Waals surface area contributed by atoms with Crippen molar-refractivity contribution < 1.29 is 14.4 Å². The van der Waals surface area contributed by atoms with Crippen molar-refractivity contribution in [1.29, 1.82) is 0 Å². The molecule has 1 aromatic rings. The maximum absolute atomic E-state index is 13.5. The molecule has 2 N–H and O–H groups in total. The summed E-state index contributed by atoms with van der Waals surface area (Å²) < 4.78 is 13.5. The summed E-state index contributed by atoms with van der Waals surface area (Å²) in [5.41, 5.74) is 1.38. The molecular weight excluding hydrogens is 268 g/mol. The topological polar surface area (TPSA) is 43.7 Å². The summed E-state index contributed by atoms with van der Waals surface area (Å²) in [6.07, 6.45) is 4.87. The van der Waals surface area contributed by atoms with Crippen LogP contribution in [0.15, 0.2) is 18.2 Å². The molecule has 1 aliphatic heterocycles. The van der Waals surface area contributed by atoms with E-state index in [1.54, 1.807) is 12.1 Å². The summed E-state index contributed by atoms with van der Waals surface area (Å²) in [6, 6.07) is 4.60. The second-order valence-electron chi connectivity index (χ2n) is 6.21. The van der Waals surface area contributed by atoms with Crippen molar-refractivity contribution in [1.82, 2.24) is 4.90 Å². The standard InChI is InChI=1S/C16H25BFNO2/c1-3-16(4-2)7-9-19(10-8-16)12-13-5-6-15(18)14(11-13)17(20)21/h5-6,11,20-21H,3-4,7-10,12H2,1-2H3. The molecule has 1 saturated heterocycles. The quantitative estimate of drug-likeness (QED) is 0.815. The molecule has 5 heteroatoms. The Balaban J connectivity index is 1.99. The summed E-state index contributed by atoms with van der Waals surface area (Å²) in [6.45, 7) is 7.39. The van der Waals surface area contributed by atoms with Crippen LogP contribution in [0.4, 0.5) is 4.39 Å². The van der Waals surface area contributed by atoms with Gasteiger partial charge in [-0.3, -0.25) is 4.90 Å². The van der Waals surface area contributed by atoms with Gasteiger partial charge >= 0.3 is 7.12 Å². The summed E-state index contributed by atoms with van der Waals surface area (Å²) in [7, 11) is -1.75. The van der Waals surface area contributed by atoms with Crippen molar-refractivity contribution in [3.05, 3.63) is 29.6 Å². The second kappa shape index (κ2) is 6.90. The smallest absolute Gasteiger partial charge is 0.423 e. The monoisotopic (exact) mass is 293 g/mol. The molecule has 21 heavy (non-hydrogen) atoms. The zero-order chi connectivity index (χ0) is 15.5. The molecular formula is C16H25BFNO2. The van der Waals surface area contributed by atoms with Crippen LogP contribution < -0.4 is 5.46 Å². The minimum Gasteiger partial charge on any atom is -0.423 e. The zero-order valence-corrected chi connectivity index (χ0v) is 13.0. The molecule has 0 saturated carbocycles. The fraction of sp³-hybridized carbons (Fsp3) is 0.625. The van der Waals surface area contributed by atoms with Gasteiger partial charge in [-0.15, -0.1) is 0 Å². The van der Waals surface area contributed by atoms with Crippen LogP contribution in [0.3, 0.4) is 0 Å². The number of likely N-dealkylation sites (tertiary alicyclic amines) is 1. The van der Waals surface area contributed by atoms with Crippen molar-refractivity contribution in [2.75, 3.05) is 13.1 Å². The van der Waals surface area contributed by atoms with Crippen LogP contribution >= 0.6 is 0 Å². The Morgan fingerprint density at radius 3 is 2.33 bits per heavy atom. The zero-order valence-electron chi connectivity index (χ0n) is 13.0. The van der Waals surface area contributed by atoms with Gasteiger partial charge in [0.25, 0.3) is 0 Å². The molecule has 1 aliphatic rings. The molecule has 2 rings (SSSR count). The maximum atomic E-state index is 13.5. The molecule has 1 fully saturated rings. The van der Waals surface area contributed by atoms with Crippen molar-refractivity contribution >= 4 is 12.6 Å². The molecule has 116 valence electrons. The fourth-order valence-electron chi connectivity index (χ4n) is 3.29. The van der Waals surface area contributed by atoms with E-state index in [1.807, 2.05) is 0 Å². The lowest BCUT2D eigenvalue weighted by Crippen LogP contribution is -2.39. The van der Waals surface area contributed by atoms with Crippen LogP contribution in [0.25, 0.3) is 0 Å². The number of hydrogen-bond acceptors (Lipinski definition) is 3. The average Bonchev–Trinajstić information content (AvgIpc) is 2.50. The lowest BCUT2D eigenvalue weighted by atomic mass is 9.74. The van der Waals surface area contributed by atoms with Gasteiger partial charge in [-0.2, -0.15) is 0 Å². The Bertz CT molecular complexity index is 467. The largest absolute Gasteiger partial charge is 0.491 e. The van der Waals surface area contributed by atoms with Gasteiger partial charge in [-0.1, -0.05) is 38.8 Å². The first-order chi connectivity index (χ1) is 9.99. The highest BCUT2D eigenvalue weighted by Crippen LogP contribution is 2.38. The first-order valence-corrected chi connectivity index (χ1v) is 7.86. The van der Waals surface area contributed by atoms with E-state index >= 15 is 0 Å². The summed E-state index contributed by atoms with van der Waals surface area (Å²) in [5.74, 6) is -0.566. The van der Waals surface area contributed by atoms with E-state index in [2.05, 4.69) is 18.7 Å². The Kier molecular flexibility index (Phi) is 5.41. The van der Waals surface area contributed by atoms with Gasteiger partial charge in [0.1, 0.15) is 5.82 Å². The summed E-state index contributed by atoms with van der Waals surface area (Å²) in [4.78, 5) is 2.37. The number of piperidine rings is 1. The van der Waals surface area contributed by atoms with Crippen LogP contribution in [-0.2, 0) is 6.54 Å². The van der Waals surface area contributed by atoms with E-state index in [-0.39, 0.29) is 5.46 Å². The van der Waals surface area contributed by atoms with E-state index in [0.29, 0.717) is 5.41 Å². The Labute approximate surface area is 126 Å². The van der Waals surface area contributed by atoms with Gasteiger partial charge in [-0.25, -0.2) is 4.39 Å². The van der Waals surface area contributed by atoms with Crippen molar-refractivity contribution in [3.8, 4) is 0 Å². The van der Waals surface area contributed by atoms with Gasteiger partial charge in [-0.05, 0) is 43.0 Å². The maximum Gasteiger partial charge on any atom is 0.491 e. The molecule has 0 aliphatic carbocycles. The van der Waals surface area contributed by atoms with E-state index in [1.165, 1.54) is 31.7 Å². The van der Waals surface area contributed by atoms with Gasteiger partial charge in [0.15, 0.2) is 0 Å². The second-order valence-corrected chi connectivity index (χ2v) is 6.21. The normalized spacial score (nSPS) is 18.7. The van der Waals surface area contributed by atoms with Crippen LogP contribution in [-0.4, -0.2) is 35.2 Å². The number of halogens is 1. The third-order valence-corrected chi connectivity index (χ3v) is 5.16. The van der Waals surface area contributed by atoms with E-state index in [0.717, 1.165) is 25.2 Å². The third-order valence-electron chi connectivity index (χ3n) is 5.16. The van der Waals surface area contributed by atoms with Crippen LogP contribution in [0.5, 0.6) is 0 Å². The summed E-state index contributed by atoms with van der Waals surface area (Å²) >= 11 is 0. The van der Waals surface area contributed by atoms with Gasteiger partial charge in [0.05, 0.1) is 0 Å². The number of hydrogen-bond donors (Lipinski definition) is 2. The molecule has 0 aromatic heterocycles. The molecule has 0 atom stereocenters.